The second-order valence-corrected chi connectivity index (χ2v) is 4.18. The van der Waals surface area contributed by atoms with Gasteiger partial charge in [-0.05, 0) is 18.6 Å². The van der Waals surface area contributed by atoms with E-state index in [1.165, 1.54) is 0 Å². The van der Waals surface area contributed by atoms with Gasteiger partial charge in [-0.1, -0.05) is 0 Å². The van der Waals surface area contributed by atoms with Crippen LogP contribution in [0.5, 0.6) is 5.75 Å². The Bertz CT molecular complexity index is 395. The van der Waals surface area contributed by atoms with Crippen molar-refractivity contribution in [3.05, 3.63) is 23.3 Å². The maximum atomic E-state index is 5.85. The summed E-state index contributed by atoms with van der Waals surface area (Å²) >= 11 is 0. The molecule has 0 radical (unpaired) electrons. The highest BCUT2D eigenvalue weighted by molar-refractivity contribution is 5.53. The van der Waals surface area contributed by atoms with Crippen LogP contribution in [0.15, 0.2) is 12.1 Å². The lowest BCUT2D eigenvalue weighted by atomic mass is 10.1. The van der Waals surface area contributed by atoms with Crippen molar-refractivity contribution in [2.45, 2.75) is 19.6 Å². The monoisotopic (exact) mass is 253 g/mol. The highest BCUT2D eigenvalue weighted by Gasteiger charge is 2.16. The molecule has 2 rings (SSSR count). The van der Waals surface area contributed by atoms with Crippen LogP contribution in [0.3, 0.4) is 0 Å². The molecule has 1 aromatic carbocycles. The Morgan fingerprint density at radius 3 is 3.06 bits per heavy atom. The molecule has 2 N–H and O–H groups in total. The third-order valence-corrected chi connectivity index (χ3v) is 2.70. The molecule has 1 aliphatic rings. The summed E-state index contributed by atoms with van der Waals surface area (Å²) in [5, 5.41) is 0. The van der Waals surface area contributed by atoms with Gasteiger partial charge in [0.2, 0.25) is 0 Å². The molecule has 100 valence electrons. The Kier molecular flexibility index (Phi) is 4.81. The van der Waals surface area contributed by atoms with Crippen LogP contribution in [-0.2, 0) is 27.4 Å². The zero-order chi connectivity index (χ0) is 12.8. The Hall–Kier alpha value is -1.30. The molecule has 1 aliphatic heterocycles. The van der Waals surface area contributed by atoms with Gasteiger partial charge in [-0.15, -0.1) is 0 Å². The molecule has 0 bridgehead atoms. The molecular formula is C13H19NO4. The lowest BCUT2D eigenvalue weighted by Crippen LogP contribution is -2.14. The van der Waals surface area contributed by atoms with Gasteiger partial charge >= 0.3 is 0 Å². The summed E-state index contributed by atoms with van der Waals surface area (Å²) in [5.41, 5.74) is 8.52. The number of hydrogen-bond donors (Lipinski definition) is 1. The van der Waals surface area contributed by atoms with Crippen molar-refractivity contribution in [2.75, 3.05) is 32.9 Å². The van der Waals surface area contributed by atoms with Crippen LogP contribution in [0.4, 0.5) is 5.69 Å². The highest BCUT2D eigenvalue weighted by atomic mass is 16.7. The molecule has 18 heavy (non-hydrogen) atoms. The molecule has 0 saturated carbocycles. The van der Waals surface area contributed by atoms with Crippen molar-refractivity contribution in [2.24, 2.45) is 0 Å². The van der Waals surface area contributed by atoms with Crippen LogP contribution in [-0.4, -0.2) is 27.1 Å². The summed E-state index contributed by atoms with van der Waals surface area (Å²) in [6, 6.07) is 3.77. The Balaban J connectivity index is 1.96. The first kappa shape index (κ1) is 13.1. The minimum atomic E-state index is 0.285. The average molecular weight is 253 g/mol. The zero-order valence-corrected chi connectivity index (χ0v) is 10.6. The van der Waals surface area contributed by atoms with Gasteiger partial charge in [0.1, 0.15) is 5.75 Å². The van der Waals surface area contributed by atoms with Crippen molar-refractivity contribution >= 4 is 5.69 Å². The maximum absolute atomic E-state index is 5.85. The van der Waals surface area contributed by atoms with Crippen molar-refractivity contribution in [1.82, 2.24) is 0 Å². The van der Waals surface area contributed by atoms with Crippen LogP contribution in [0.1, 0.15) is 17.5 Å². The number of anilines is 1. The summed E-state index contributed by atoms with van der Waals surface area (Å²) < 4.78 is 21.3. The van der Waals surface area contributed by atoms with Gasteiger partial charge in [-0.25, -0.2) is 0 Å². The van der Waals surface area contributed by atoms with Gasteiger partial charge < -0.3 is 24.7 Å². The van der Waals surface area contributed by atoms with E-state index in [0.717, 1.165) is 23.3 Å². The van der Waals surface area contributed by atoms with Crippen molar-refractivity contribution in [3.63, 3.8) is 0 Å². The number of nitrogens with two attached hydrogens (primary N) is 1. The third-order valence-electron chi connectivity index (χ3n) is 2.70. The SMILES string of the molecule is COCCCOCc1cc(N)cc2c1OCOC2. The summed E-state index contributed by atoms with van der Waals surface area (Å²) in [5.74, 6) is 0.849. The number of methoxy groups -OCH3 is 1. The number of ether oxygens (including phenoxy) is 4. The van der Waals surface area contributed by atoms with Crippen LogP contribution in [0, 0.1) is 0 Å². The Labute approximate surface area is 107 Å². The first-order valence-electron chi connectivity index (χ1n) is 5.99. The largest absolute Gasteiger partial charge is 0.467 e. The van der Waals surface area contributed by atoms with Gasteiger partial charge in [-0.2, -0.15) is 0 Å². The van der Waals surface area contributed by atoms with E-state index >= 15 is 0 Å². The number of benzene rings is 1. The molecule has 5 heteroatoms. The van der Waals surface area contributed by atoms with E-state index in [2.05, 4.69) is 0 Å². The molecule has 0 unspecified atom stereocenters. The van der Waals surface area contributed by atoms with E-state index < -0.39 is 0 Å². The minimum Gasteiger partial charge on any atom is -0.467 e. The highest BCUT2D eigenvalue weighted by Crippen LogP contribution is 2.31. The van der Waals surface area contributed by atoms with Crippen molar-refractivity contribution < 1.29 is 18.9 Å². The maximum Gasteiger partial charge on any atom is 0.189 e. The quantitative estimate of drug-likeness (QED) is 0.617. The second-order valence-electron chi connectivity index (χ2n) is 4.18. The molecule has 1 aromatic rings. The van der Waals surface area contributed by atoms with Gasteiger partial charge in [0.15, 0.2) is 6.79 Å². The lowest BCUT2D eigenvalue weighted by molar-refractivity contribution is -0.0184. The second kappa shape index (κ2) is 6.58. The summed E-state index contributed by atoms with van der Waals surface area (Å²) in [4.78, 5) is 0. The normalized spacial score (nSPS) is 14.1. The van der Waals surface area contributed by atoms with Crippen molar-refractivity contribution in [1.29, 1.82) is 0 Å². The number of hydrogen-bond acceptors (Lipinski definition) is 5. The summed E-state index contributed by atoms with van der Waals surface area (Å²) in [7, 11) is 1.68. The van der Waals surface area contributed by atoms with E-state index in [4.69, 9.17) is 24.7 Å². The predicted molar refractivity (Wildman–Crippen MR) is 67.3 cm³/mol. The Morgan fingerprint density at radius 2 is 2.22 bits per heavy atom. The molecule has 0 atom stereocenters. The predicted octanol–water partition coefficient (Wildman–Crippen LogP) is 1.69. The first-order chi connectivity index (χ1) is 8.81. The van der Waals surface area contributed by atoms with Gasteiger partial charge in [0, 0.05) is 37.1 Å². The molecule has 0 amide bonds. The molecule has 0 aromatic heterocycles. The lowest BCUT2D eigenvalue weighted by Gasteiger charge is -2.21. The molecule has 0 fully saturated rings. The van der Waals surface area contributed by atoms with E-state index in [1.807, 2.05) is 12.1 Å². The molecule has 1 heterocycles. The fourth-order valence-corrected chi connectivity index (χ4v) is 1.92. The molecule has 0 saturated heterocycles. The number of nitrogen functional groups attached to an aromatic ring is 1. The summed E-state index contributed by atoms with van der Waals surface area (Å²) in [6.45, 7) is 2.69. The van der Waals surface area contributed by atoms with Crippen molar-refractivity contribution in [3.8, 4) is 5.75 Å². The third kappa shape index (κ3) is 3.35. The summed E-state index contributed by atoms with van der Waals surface area (Å²) in [6.07, 6.45) is 0.880. The van der Waals surface area contributed by atoms with Crippen LogP contribution in [0.2, 0.25) is 0 Å². The van der Waals surface area contributed by atoms with Gasteiger partial charge in [0.05, 0.1) is 13.2 Å². The minimum absolute atomic E-state index is 0.285. The molecule has 0 spiro atoms. The zero-order valence-electron chi connectivity index (χ0n) is 10.6. The van der Waals surface area contributed by atoms with E-state index in [1.54, 1.807) is 7.11 Å². The fraction of sp³-hybridized carbons (Fsp3) is 0.538. The van der Waals surface area contributed by atoms with E-state index in [-0.39, 0.29) is 6.79 Å². The smallest absolute Gasteiger partial charge is 0.189 e. The number of fused-ring (bicyclic) bond motifs is 1. The van der Waals surface area contributed by atoms with Crippen LogP contribution < -0.4 is 10.5 Å². The van der Waals surface area contributed by atoms with E-state index in [0.29, 0.717) is 32.1 Å². The topological polar surface area (TPSA) is 62.9 Å². The van der Waals surface area contributed by atoms with E-state index in [9.17, 15) is 0 Å². The van der Waals surface area contributed by atoms with Gasteiger partial charge in [0.25, 0.3) is 0 Å². The molecule has 0 aliphatic carbocycles. The van der Waals surface area contributed by atoms with Crippen LogP contribution in [0.25, 0.3) is 0 Å². The van der Waals surface area contributed by atoms with Gasteiger partial charge in [-0.3, -0.25) is 0 Å². The standard InChI is InChI=1S/C13H19NO4/c1-15-3-2-4-16-7-10-5-12(14)6-11-8-17-9-18-13(10)11/h5-6H,2-4,7-9,14H2,1H3. The fourth-order valence-electron chi connectivity index (χ4n) is 1.92. The Morgan fingerprint density at radius 1 is 1.33 bits per heavy atom. The number of rotatable bonds is 6. The molecule has 5 nitrogen and oxygen atoms in total. The molecular weight excluding hydrogens is 234 g/mol. The van der Waals surface area contributed by atoms with Crippen LogP contribution >= 0.6 is 0 Å². The first-order valence-corrected chi connectivity index (χ1v) is 5.99. The average Bonchev–Trinajstić information content (AvgIpc) is 2.38.